The number of benzene rings is 1. The zero-order chi connectivity index (χ0) is 17.8. The van der Waals surface area contributed by atoms with Gasteiger partial charge in [0.25, 0.3) is 5.56 Å². The van der Waals surface area contributed by atoms with Gasteiger partial charge in [0.15, 0.2) is 4.77 Å². The number of nitrogens with zero attached hydrogens (tertiary/aromatic N) is 3. The average Bonchev–Trinajstić information content (AvgIpc) is 2.60. The van der Waals surface area contributed by atoms with Crippen molar-refractivity contribution in [3.63, 3.8) is 0 Å². The van der Waals surface area contributed by atoms with Crippen molar-refractivity contribution in [1.29, 1.82) is 5.26 Å². The second-order valence-electron chi connectivity index (χ2n) is 4.97. The molecule has 0 saturated heterocycles. The van der Waals surface area contributed by atoms with Crippen LogP contribution in [-0.4, -0.2) is 25.0 Å². The molecule has 2 aromatic heterocycles. The summed E-state index contributed by atoms with van der Waals surface area (Å²) in [6.07, 6.45) is 4.79. The first-order chi connectivity index (χ1) is 12.1. The van der Waals surface area contributed by atoms with Crippen LogP contribution in [0.15, 0.2) is 41.3 Å². The van der Waals surface area contributed by atoms with Gasteiger partial charge in [-0.1, -0.05) is 30.3 Å². The van der Waals surface area contributed by atoms with Gasteiger partial charge in [-0.3, -0.25) is 9.78 Å². The van der Waals surface area contributed by atoms with Crippen molar-refractivity contribution >= 4 is 24.4 Å². The van der Waals surface area contributed by atoms with E-state index in [4.69, 9.17) is 17.5 Å². The number of aromatic nitrogens is 4. The van der Waals surface area contributed by atoms with Gasteiger partial charge in [0.2, 0.25) is 0 Å². The van der Waals surface area contributed by atoms with Crippen LogP contribution in [0.2, 0.25) is 0 Å². The molecule has 122 valence electrons. The average molecular weight is 349 g/mol. The maximum absolute atomic E-state index is 11.8. The van der Waals surface area contributed by atoms with Crippen molar-refractivity contribution in [2.24, 2.45) is 0 Å². The Morgan fingerprint density at radius 3 is 2.76 bits per heavy atom. The molecule has 3 rings (SSSR count). The Balaban J connectivity index is 2.09. The summed E-state index contributed by atoms with van der Waals surface area (Å²) in [5.41, 5.74) is 1.81. The van der Waals surface area contributed by atoms with E-state index < -0.39 is 5.56 Å². The van der Waals surface area contributed by atoms with E-state index in [0.717, 1.165) is 11.1 Å². The van der Waals surface area contributed by atoms with Gasteiger partial charge < -0.3 is 10.1 Å². The molecular weight excluding hydrogens is 338 g/mol. The summed E-state index contributed by atoms with van der Waals surface area (Å²) in [4.78, 5) is 24.6. The van der Waals surface area contributed by atoms with E-state index in [1.165, 1.54) is 6.20 Å². The molecule has 0 aliphatic heterocycles. The Labute approximate surface area is 147 Å². The Hall–Kier alpha value is -3.57. The Bertz CT molecular complexity index is 1120. The molecule has 7 nitrogen and oxygen atoms in total. The van der Waals surface area contributed by atoms with Crippen LogP contribution in [0, 0.1) is 16.1 Å². The Kier molecular flexibility index (Phi) is 4.50. The van der Waals surface area contributed by atoms with Gasteiger partial charge in [-0.25, -0.2) is 4.98 Å². The smallest absolute Gasteiger partial charge is 0.314 e. The topological polar surface area (TPSA) is 118 Å². The maximum atomic E-state index is 11.8. The molecule has 0 bridgehead atoms. The number of H-pyrrole nitrogens is 2. The number of aromatic hydroxyl groups is 1. The van der Waals surface area contributed by atoms with Gasteiger partial charge in [0.1, 0.15) is 11.6 Å². The van der Waals surface area contributed by atoms with Gasteiger partial charge >= 0.3 is 6.01 Å². The van der Waals surface area contributed by atoms with E-state index in [9.17, 15) is 9.90 Å². The van der Waals surface area contributed by atoms with Crippen LogP contribution in [0.4, 0.5) is 0 Å². The van der Waals surface area contributed by atoms with E-state index in [1.807, 2.05) is 30.3 Å². The predicted octanol–water partition coefficient (Wildman–Crippen LogP) is 2.64. The quantitative estimate of drug-likeness (QED) is 0.626. The number of nitrogens with one attached hydrogen (secondary N) is 2. The summed E-state index contributed by atoms with van der Waals surface area (Å²) in [5, 5.41) is 18.6. The normalized spacial score (nSPS) is 10.7. The molecule has 0 aliphatic rings. The van der Waals surface area contributed by atoms with E-state index in [2.05, 4.69) is 19.9 Å². The van der Waals surface area contributed by atoms with Crippen molar-refractivity contribution in [1.82, 2.24) is 19.9 Å². The number of hydrogen-bond donors (Lipinski definition) is 3. The highest BCUT2D eigenvalue weighted by Crippen LogP contribution is 2.24. The first-order valence-corrected chi connectivity index (χ1v) is 7.55. The molecule has 0 atom stereocenters. The minimum atomic E-state index is -0.542. The van der Waals surface area contributed by atoms with Crippen LogP contribution in [0.1, 0.15) is 16.8 Å². The van der Waals surface area contributed by atoms with Crippen LogP contribution >= 0.6 is 12.2 Å². The fraction of sp³-hybridized carbons (Fsp3) is 0. The summed E-state index contributed by atoms with van der Waals surface area (Å²) < 4.78 is 0.137. The van der Waals surface area contributed by atoms with E-state index in [1.54, 1.807) is 18.2 Å². The summed E-state index contributed by atoms with van der Waals surface area (Å²) >= 11 is 4.94. The van der Waals surface area contributed by atoms with Crippen molar-refractivity contribution < 1.29 is 5.11 Å². The minimum absolute atomic E-state index is 0.0537. The third-order valence-corrected chi connectivity index (χ3v) is 3.60. The lowest BCUT2D eigenvalue weighted by Gasteiger charge is -2.05. The number of rotatable bonds is 3. The van der Waals surface area contributed by atoms with Gasteiger partial charge in [0, 0.05) is 11.8 Å². The Morgan fingerprint density at radius 1 is 1.20 bits per heavy atom. The van der Waals surface area contributed by atoms with Crippen molar-refractivity contribution in [2.75, 3.05) is 0 Å². The molecule has 3 N–H and O–H groups in total. The molecule has 0 amide bonds. The molecule has 0 unspecified atom stereocenters. The summed E-state index contributed by atoms with van der Waals surface area (Å²) in [5.74, 6) is 0. The molecule has 2 heterocycles. The minimum Gasteiger partial charge on any atom is -0.479 e. The molecule has 0 spiro atoms. The monoisotopic (exact) mass is 349 g/mol. The zero-order valence-electron chi connectivity index (χ0n) is 12.7. The highest BCUT2D eigenvalue weighted by Gasteiger charge is 2.07. The van der Waals surface area contributed by atoms with Crippen LogP contribution in [0.3, 0.4) is 0 Å². The van der Waals surface area contributed by atoms with Crippen LogP contribution in [0.5, 0.6) is 6.01 Å². The summed E-state index contributed by atoms with van der Waals surface area (Å²) in [7, 11) is 0. The second-order valence-corrected chi connectivity index (χ2v) is 5.38. The van der Waals surface area contributed by atoms with Gasteiger partial charge in [0.05, 0.1) is 11.4 Å². The molecule has 1 aromatic carbocycles. The molecule has 0 aliphatic carbocycles. The van der Waals surface area contributed by atoms with Gasteiger partial charge in [-0.15, -0.1) is 0 Å². The first kappa shape index (κ1) is 16.3. The molecule has 0 saturated carbocycles. The lowest BCUT2D eigenvalue weighted by atomic mass is 10.0. The molecule has 8 heteroatoms. The molecule has 25 heavy (non-hydrogen) atoms. The maximum Gasteiger partial charge on any atom is 0.314 e. The summed E-state index contributed by atoms with van der Waals surface area (Å²) in [6.45, 7) is 0. The molecule has 3 aromatic rings. The fourth-order valence-corrected chi connectivity index (χ4v) is 2.49. The number of nitriles is 1. The van der Waals surface area contributed by atoms with Crippen molar-refractivity contribution in [3.05, 3.63) is 68.5 Å². The highest BCUT2D eigenvalue weighted by molar-refractivity contribution is 7.71. The van der Waals surface area contributed by atoms with E-state index in [-0.39, 0.29) is 16.3 Å². The van der Waals surface area contributed by atoms with E-state index >= 15 is 0 Å². The van der Waals surface area contributed by atoms with Crippen LogP contribution < -0.4 is 5.56 Å². The number of hydrogen-bond acceptors (Lipinski definition) is 6. The Morgan fingerprint density at radius 2 is 2.00 bits per heavy atom. The predicted molar refractivity (Wildman–Crippen MR) is 95.0 cm³/mol. The van der Waals surface area contributed by atoms with Gasteiger partial charge in [-0.2, -0.15) is 10.2 Å². The fourth-order valence-electron chi connectivity index (χ4n) is 2.29. The molecule has 0 fully saturated rings. The highest BCUT2D eigenvalue weighted by atomic mass is 32.1. The van der Waals surface area contributed by atoms with Gasteiger partial charge in [-0.05, 0) is 29.9 Å². The standard InChI is InChI=1S/C17H11N5O2S/c18-9-12-13(21-17(25)22-15(12)23)6-5-10-3-1-2-4-11(10)14-7-8-19-16(24)20-14/h1-8H,(H,19,20,24)(H2,21,22,23,25)/b6-5+. The molecular formula is C17H11N5O2S. The zero-order valence-corrected chi connectivity index (χ0v) is 13.5. The largest absolute Gasteiger partial charge is 0.479 e. The van der Waals surface area contributed by atoms with Crippen molar-refractivity contribution in [2.45, 2.75) is 0 Å². The third kappa shape index (κ3) is 3.52. The lowest BCUT2D eigenvalue weighted by molar-refractivity contribution is 0.431. The van der Waals surface area contributed by atoms with Crippen LogP contribution in [-0.2, 0) is 0 Å². The van der Waals surface area contributed by atoms with Crippen molar-refractivity contribution in [3.8, 4) is 23.3 Å². The second kappa shape index (κ2) is 6.90. The lowest BCUT2D eigenvalue weighted by Crippen LogP contribution is -2.13. The first-order valence-electron chi connectivity index (χ1n) is 7.14. The summed E-state index contributed by atoms with van der Waals surface area (Å²) in [6, 6.07) is 10.6. The number of aromatic amines is 2. The molecule has 0 radical (unpaired) electrons. The van der Waals surface area contributed by atoms with E-state index in [0.29, 0.717) is 11.4 Å². The SMILES string of the molecule is N#Cc1c(/C=C/c2ccccc2-c2ccnc(O)n2)[nH]c(=S)[nH]c1=O. The van der Waals surface area contributed by atoms with Crippen LogP contribution in [0.25, 0.3) is 23.4 Å². The third-order valence-electron chi connectivity index (χ3n) is 3.39.